The van der Waals surface area contributed by atoms with Crippen molar-refractivity contribution < 1.29 is 9.59 Å². The molecule has 1 saturated heterocycles. The number of hydrogen-bond donors (Lipinski definition) is 0. The van der Waals surface area contributed by atoms with Gasteiger partial charge in [-0.3, -0.25) is 9.59 Å². The van der Waals surface area contributed by atoms with Crippen LogP contribution in [0.2, 0.25) is 0 Å². The highest BCUT2D eigenvalue weighted by Crippen LogP contribution is 2.10. The molecule has 1 atom stereocenters. The highest BCUT2D eigenvalue weighted by molar-refractivity contribution is 5.88. The van der Waals surface area contributed by atoms with Crippen LogP contribution in [0.4, 0.5) is 0 Å². The fourth-order valence-electron chi connectivity index (χ4n) is 1.56. The summed E-state index contributed by atoms with van der Waals surface area (Å²) in [7, 11) is 1.77. The van der Waals surface area contributed by atoms with Crippen molar-refractivity contribution in [1.82, 2.24) is 9.80 Å². The molecular formula is C9H16N2O2. The number of hydrogen-bond acceptors (Lipinski definition) is 2. The molecule has 4 heteroatoms. The number of carbonyl (C=O) groups is 2. The van der Waals surface area contributed by atoms with Crippen molar-refractivity contribution in [1.29, 1.82) is 0 Å². The SMILES string of the molecule is CCC(=O)N1CCN(C)C(=O)C1C. The van der Waals surface area contributed by atoms with Crippen molar-refractivity contribution in [2.75, 3.05) is 20.1 Å². The van der Waals surface area contributed by atoms with Crippen molar-refractivity contribution in [3.8, 4) is 0 Å². The number of carbonyl (C=O) groups excluding carboxylic acids is 2. The van der Waals surface area contributed by atoms with Crippen molar-refractivity contribution in [3.05, 3.63) is 0 Å². The molecule has 1 aliphatic rings. The van der Waals surface area contributed by atoms with Crippen LogP contribution in [0.1, 0.15) is 20.3 Å². The van der Waals surface area contributed by atoms with Gasteiger partial charge < -0.3 is 9.80 Å². The number of rotatable bonds is 1. The van der Waals surface area contributed by atoms with Crippen molar-refractivity contribution in [2.45, 2.75) is 26.3 Å². The Morgan fingerprint density at radius 3 is 2.69 bits per heavy atom. The largest absolute Gasteiger partial charge is 0.342 e. The van der Waals surface area contributed by atoms with Gasteiger partial charge in [0.25, 0.3) is 0 Å². The molecule has 0 saturated carbocycles. The van der Waals surface area contributed by atoms with Gasteiger partial charge in [0, 0.05) is 26.6 Å². The molecule has 2 amide bonds. The van der Waals surface area contributed by atoms with Crippen LogP contribution in [0.25, 0.3) is 0 Å². The summed E-state index contributed by atoms with van der Waals surface area (Å²) >= 11 is 0. The van der Waals surface area contributed by atoms with E-state index in [2.05, 4.69) is 0 Å². The first kappa shape index (κ1) is 10.0. The van der Waals surface area contributed by atoms with Gasteiger partial charge in [0.1, 0.15) is 6.04 Å². The van der Waals surface area contributed by atoms with Crippen molar-refractivity contribution in [2.24, 2.45) is 0 Å². The normalized spacial score (nSPS) is 23.6. The van der Waals surface area contributed by atoms with E-state index in [9.17, 15) is 9.59 Å². The maximum atomic E-state index is 11.5. The average molecular weight is 184 g/mol. The van der Waals surface area contributed by atoms with E-state index in [1.165, 1.54) is 0 Å². The van der Waals surface area contributed by atoms with E-state index in [4.69, 9.17) is 0 Å². The van der Waals surface area contributed by atoms with E-state index in [1.807, 2.05) is 6.92 Å². The zero-order chi connectivity index (χ0) is 10.0. The minimum absolute atomic E-state index is 0.0352. The molecule has 1 unspecified atom stereocenters. The monoisotopic (exact) mass is 184 g/mol. The Labute approximate surface area is 78.5 Å². The van der Waals surface area contributed by atoms with Crippen LogP contribution in [0.5, 0.6) is 0 Å². The Hall–Kier alpha value is -1.06. The lowest BCUT2D eigenvalue weighted by Crippen LogP contribution is -2.56. The van der Waals surface area contributed by atoms with Gasteiger partial charge in [-0.2, -0.15) is 0 Å². The summed E-state index contributed by atoms with van der Waals surface area (Å²) in [5.41, 5.74) is 0. The molecule has 0 aromatic carbocycles. The Morgan fingerprint density at radius 1 is 1.54 bits per heavy atom. The van der Waals surface area contributed by atoms with Gasteiger partial charge in [-0.25, -0.2) is 0 Å². The molecule has 1 heterocycles. The van der Waals surface area contributed by atoms with Gasteiger partial charge in [0.15, 0.2) is 0 Å². The quantitative estimate of drug-likeness (QED) is 0.579. The first-order chi connectivity index (χ1) is 6.07. The van der Waals surface area contributed by atoms with E-state index in [0.29, 0.717) is 19.5 Å². The van der Waals surface area contributed by atoms with E-state index >= 15 is 0 Å². The number of piperazine rings is 1. The minimum Gasteiger partial charge on any atom is -0.342 e. The van der Waals surface area contributed by atoms with Gasteiger partial charge in [-0.05, 0) is 6.92 Å². The summed E-state index contributed by atoms with van der Waals surface area (Å²) < 4.78 is 0. The number of amides is 2. The molecule has 1 rings (SSSR count). The molecule has 0 spiro atoms. The number of likely N-dealkylation sites (N-methyl/N-ethyl adjacent to an activating group) is 1. The van der Waals surface area contributed by atoms with E-state index < -0.39 is 0 Å². The molecular weight excluding hydrogens is 168 g/mol. The summed E-state index contributed by atoms with van der Waals surface area (Å²) in [6.45, 7) is 4.91. The maximum absolute atomic E-state index is 11.5. The van der Waals surface area contributed by atoms with Crippen LogP contribution in [0.15, 0.2) is 0 Å². The van der Waals surface area contributed by atoms with Crippen LogP contribution in [-0.2, 0) is 9.59 Å². The van der Waals surface area contributed by atoms with Gasteiger partial charge in [-0.15, -0.1) is 0 Å². The third kappa shape index (κ3) is 1.82. The topological polar surface area (TPSA) is 40.6 Å². The summed E-state index contributed by atoms with van der Waals surface area (Å²) in [6.07, 6.45) is 0.474. The fourth-order valence-corrected chi connectivity index (χ4v) is 1.56. The minimum atomic E-state index is -0.286. The molecule has 4 nitrogen and oxygen atoms in total. The molecule has 0 aromatic heterocycles. The Bertz CT molecular complexity index is 228. The smallest absolute Gasteiger partial charge is 0.244 e. The second kappa shape index (κ2) is 3.77. The van der Waals surface area contributed by atoms with E-state index in [-0.39, 0.29) is 17.9 Å². The summed E-state index contributed by atoms with van der Waals surface area (Å²) in [5.74, 6) is 0.0991. The predicted molar refractivity (Wildman–Crippen MR) is 49.1 cm³/mol. The summed E-state index contributed by atoms with van der Waals surface area (Å²) in [5, 5.41) is 0. The van der Waals surface area contributed by atoms with Crippen LogP contribution in [0.3, 0.4) is 0 Å². The average Bonchev–Trinajstić information content (AvgIpc) is 2.13. The molecule has 1 fully saturated rings. The van der Waals surface area contributed by atoms with Crippen LogP contribution in [-0.4, -0.2) is 47.8 Å². The second-order valence-corrected chi connectivity index (χ2v) is 3.38. The second-order valence-electron chi connectivity index (χ2n) is 3.38. The summed E-state index contributed by atoms with van der Waals surface area (Å²) in [4.78, 5) is 26.2. The maximum Gasteiger partial charge on any atom is 0.244 e. The standard InChI is InChI=1S/C9H16N2O2/c1-4-8(12)11-6-5-10(3)9(13)7(11)2/h7H,4-6H2,1-3H3. The summed E-state index contributed by atoms with van der Waals surface area (Å²) in [6, 6.07) is -0.286. The van der Waals surface area contributed by atoms with Crippen LogP contribution in [0, 0.1) is 0 Å². The molecule has 0 aromatic rings. The molecule has 0 N–H and O–H groups in total. The van der Waals surface area contributed by atoms with Crippen molar-refractivity contribution >= 4 is 11.8 Å². The molecule has 0 bridgehead atoms. The first-order valence-electron chi connectivity index (χ1n) is 4.62. The molecule has 0 aliphatic carbocycles. The zero-order valence-corrected chi connectivity index (χ0v) is 8.41. The van der Waals surface area contributed by atoms with Crippen LogP contribution < -0.4 is 0 Å². The van der Waals surface area contributed by atoms with E-state index in [0.717, 1.165) is 0 Å². The molecule has 13 heavy (non-hydrogen) atoms. The van der Waals surface area contributed by atoms with Gasteiger partial charge in [-0.1, -0.05) is 6.92 Å². The third-order valence-corrected chi connectivity index (χ3v) is 2.50. The van der Waals surface area contributed by atoms with E-state index in [1.54, 1.807) is 23.8 Å². The lowest BCUT2D eigenvalue weighted by Gasteiger charge is -2.37. The Morgan fingerprint density at radius 2 is 2.15 bits per heavy atom. The Balaban J connectivity index is 2.69. The third-order valence-electron chi connectivity index (χ3n) is 2.50. The highest BCUT2D eigenvalue weighted by atomic mass is 16.2. The number of nitrogens with zero attached hydrogens (tertiary/aromatic N) is 2. The van der Waals surface area contributed by atoms with Gasteiger partial charge in [0.05, 0.1) is 0 Å². The molecule has 1 aliphatic heterocycles. The van der Waals surface area contributed by atoms with Crippen molar-refractivity contribution in [3.63, 3.8) is 0 Å². The lowest BCUT2D eigenvalue weighted by atomic mass is 10.1. The molecule has 0 radical (unpaired) electrons. The predicted octanol–water partition coefficient (Wildman–Crippen LogP) is 0.0855. The highest BCUT2D eigenvalue weighted by Gasteiger charge is 2.31. The van der Waals surface area contributed by atoms with Gasteiger partial charge >= 0.3 is 0 Å². The van der Waals surface area contributed by atoms with Gasteiger partial charge in [0.2, 0.25) is 11.8 Å². The zero-order valence-electron chi connectivity index (χ0n) is 8.41. The molecule has 74 valence electrons. The van der Waals surface area contributed by atoms with Crippen LogP contribution >= 0.6 is 0 Å². The fraction of sp³-hybridized carbons (Fsp3) is 0.778. The Kier molecular flexibility index (Phi) is 2.90. The first-order valence-corrected chi connectivity index (χ1v) is 4.62. The lowest BCUT2D eigenvalue weighted by molar-refractivity contribution is -0.149.